The topological polar surface area (TPSA) is 29.5 Å². The van der Waals surface area contributed by atoms with Crippen LogP contribution < -0.4 is 0 Å². The lowest BCUT2D eigenvalue weighted by Gasteiger charge is -2.23. The number of hydrogen-bond donors (Lipinski definition) is 0. The van der Waals surface area contributed by atoms with E-state index in [9.17, 15) is 18.0 Å². The molecule has 1 amide bonds. The van der Waals surface area contributed by atoms with Crippen LogP contribution in [0, 0.1) is 0 Å². The number of rotatable bonds is 3. The Labute approximate surface area is 85.5 Å². The SMILES string of the molecule is C=CC(=O)N1CCC[C@@H]1COC(F)(F)F. The van der Waals surface area contributed by atoms with Crippen LogP contribution in [0.25, 0.3) is 0 Å². The van der Waals surface area contributed by atoms with E-state index < -0.39 is 19.0 Å². The molecular formula is C9H12F3NO2. The molecule has 86 valence electrons. The first-order chi connectivity index (χ1) is 6.94. The summed E-state index contributed by atoms with van der Waals surface area (Å²) in [6.45, 7) is 3.27. The van der Waals surface area contributed by atoms with Crippen LogP contribution in [0.5, 0.6) is 0 Å². The summed E-state index contributed by atoms with van der Waals surface area (Å²) < 4.78 is 39.0. The van der Waals surface area contributed by atoms with Gasteiger partial charge in [-0.1, -0.05) is 6.58 Å². The summed E-state index contributed by atoms with van der Waals surface area (Å²) in [6.07, 6.45) is -2.29. The normalized spacial score (nSPS) is 21.8. The van der Waals surface area contributed by atoms with Crippen LogP contribution >= 0.6 is 0 Å². The highest BCUT2D eigenvalue weighted by molar-refractivity contribution is 5.87. The number of halogens is 3. The highest BCUT2D eigenvalue weighted by Crippen LogP contribution is 2.22. The average molecular weight is 223 g/mol. The fourth-order valence-electron chi connectivity index (χ4n) is 1.61. The van der Waals surface area contributed by atoms with Gasteiger partial charge >= 0.3 is 6.36 Å². The fourth-order valence-corrected chi connectivity index (χ4v) is 1.61. The molecule has 0 saturated carbocycles. The second-order valence-electron chi connectivity index (χ2n) is 3.29. The highest BCUT2D eigenvalue weighted by atomic mass is 19.4. The Kier molecular flexibility index (Phi) is 3.73. The third-order valence-electron chi connectivity index (χ3n) is 2.27. The molecule has 0 unspecified atom stereocenters. The Hall–Kier alpha value is -1.04. The maximum Gasteiger partial charge on any atom is 0.522 e. The lowest BCUT2D eigenvalue weighted by molar-refractivity contribution is -0.327. The molecule has 0 radical (unpaired) electrons. The zero-order valence-corrected chi connectivity index (χ0v) is 8.09. The Morgan fingerprint density at radius 2 is 2.27 bits per heavy atom. The van der Waals surface area contributed by atoms with Crippen LogP contribution in [0.2, 0.25) is 0 Å². The molecule has 0 aromatic rings. The van der Waals surface area contributed by atoms with E-state index in [4.69, 9.17) is 0 Å². The Morgan fingerprint density at radius 1 is 1.60 bits per heavy atom. The largest absolute Gasteiger partial charge is 0.522 e. The minimum absolute atomic E-state index is 0.344. The van der Waals surface area contributed by atoms with Gasteiger partial charge in [-0.05, 0) is 18.9 Å². The van der Waals surface area contributed by atoms with Gasteiger partial charge in [-0.15, -0.1) is 13.2 Å². The average Bonchev–Trinajstić information content (AvgIpc) is 2.60. The highest BCUT2D eigenvalue weighted by Gasteiger charge is 2.34. The smallest absolute Gasteiger partial charge is 0.334 e. The maximum absolute atomic E-state index is 11.8. The molecule has 1 aliphatic rings. The molecular weight excluding hydrogens is 211 g/mol. The first-order valence-electron chi connectivity index (χ1n) is 4.58. The number of carbonyl (C=O) groups is 1. The van der Waals surface area contributed by atoms with Gasteiger partial charge in [-0.2, -0.15) is 0 Å². The predicted molar refractivity (Wildman–Crippen MR) is 46.9 cm³/mol. The molecule has 15 heavy (non-hydrogen) atoms. The minimum atomic E-state index is -4.63. The van der Waals surface area contributed by atoms with E-state index in [0.717, 1.165) is 6.08 Å². The van der Waals surface area contributed by atoms with Crippen molar-refractivity contribution < 1.29 is 22.7 Å². The van der Waals surface area contributed by atoms with Crippen molar-refractivity contribution in [2.45, 2.75) is 25.2 Å². The van der Waals surface area contributed by atoms with E-state index in [2.05, 4.69) is 11.3 Å². The zero-order valence-electron chi connectivity index (χ0n) is 8.09. The van der Waals surface area contributed by atoms with Crippen molar-refractivity contribution in [3.8, 4) is 0 Å². The lowest BCUT2D eigenvalue weighted by Crippen LogP contribution is -2.38. The fraction of sp³-hybridized carbons (Fsp3) is 0.667. The number of ether oxygens (including phenoxy) is 1. The molecule has 1 saturated heterocycles. The Balaban J connectivity index is 2.47. The van der Waals surface area contributed by atoms with E-state index in [1.807, 2.05) is 0 Å². The van der Waals surface area contributed by atoms with Crippen LogP contribution in [0.4, 0.5) is 13.2 Å². The molecule has 3 nitrogen and oxygen atoms in total. The van der Waals surface area contributed by atoms with Crippen molar-refractivity contribution in [2.24, 2.45) is 0 Å². The van der Waals surface area contributed by atoms with E-state index in [1.54, 1.807) is 0 Å². The second-order valence-corrected chi connectivity index (χ2v) is 3.29. The molecule has 1 aliphatic heterocycles. The van der Waals surface area contributed by atoms with Crippen LogP contribution in [0.1, 0.15) is 12.8 Å². The van der Waals surface area contributed by atoms with Gasteiger partial charge in [0, 0.05) is 6.54 Å². The van der Waals surface area contributed by atoms with Gasteiger partial charge in [0.05, 0.1) is 12.6 Å². The first-order valence-corrected chi connectivity index (χ1v) is 4.58. The van der Waals surface area contributed by atoms with Crippen molar-refractivity contribution in [1.29, 1.82) is 0 Å². The van der Waals surface area contributed by atoms with Gasteiger partial charge in [0.1, 0.15) is 0 Å². The van der Waals surface area contributed by atoms with Crippen LogP contribution in [0.3, 0.4) is 0 Å². The number of nitrogens with zero attached hydrogens (tertiary/aromatic N) is 1. The van der Waals surface area contributed by atoms with E-state index in [0.29, 0.717) is 19.4 Å². The minimum Gasteiger partial charge on any atom is -0.334 e. The summed E-state index contributed by atoms with van der Waals surface area (Å²) >= 11 is 0. The van der Waals surface area contributed by atoms with Crippen molar-refractivity contribution in [1.82, 2.24) is 4.90 Å². The number of likely N-dealkylation sites (tertiary alicyclic amines) is 1. The van der Waals surface area contributed by atoms with Crippen molar-refractivity contribution in [3.05, 3.63) is 12.7 Å². The third kappa shape index (κ3) is 3.54. The quantitative estimate of drug-likeness (QED) is 0.681. The molecule has 0 spiro atoms. The summed E-state index contributed by atoms with van der Waals surface area (Å²) in [5.74, 6) is -0.344. The van der Waals surface area contributed by atoms with Gasteiger partial charge in [-0.3, -0.25) is 9.53 Å². The van der Waals surface area contributed by atoms with Gasteiger partial charge in [0.25, 0.3) is 0 Å². The van der Waals surface area contributed by atoms with Crippen molar-refractivity contribution >= 4 is 5.91 Å². The summed E-state index contributed by atoms with van der Waals surface area (Å²) in [4.78, 5) is 12.6. The number of alkyl halides is 3. The molecule has 0 aliphatic carbocycles. The van der Waals surface area contributed by atoms with E-state index >= 15 is 0 Å². The lowest BCUT2D eigenvalue weighted by atomic mass is 10.2. The third-order valence-corrected chi connectivity index (χ3v) is 2.27. The summed E-state index contributed by atoms with van der Waals surface area (Å²) in [5.41, 5.74) is 0. The molecule has 0 aromatic carbocycles. The number of hydrogen-bond acceptors (Lipinski definition) is 2. The number of carbonyl (C=O) groups excluding carboxylic acids is 1. The summed E-state index contributed by atoms with van der Waals surface area (Å²) in [6, 6.07) is -0.489. The predicted octanol–water partition coefficient (Wildman–Crippen LogP) is 1.70. The second kappa shape index (κ2) is 4.65. The van der Waals surface area contributed by atoms with Gasteiger partial charge in [-0.25, -0.2) is 0 Å². The molecule has 1 fully saturated rings. The number of amides is 1. The molecule has 1 rings (SSSR count). The van der Waals surface area contributed by atoms with Gasteiger partial charge < -0.3 is 4.90 Å². The first kappa shape index (κ1) is 12.0. The van der Waals surface area contributed by atoms with Gasteiger partial charge in [0.15, 0.2) is 0 Å². The van der Waals surface area contributed by atoms with E-state index in [-0.39, 0.29) is 5.91 Å². The monoisotopic (exact) mass is 223 g/mol. The van der Waals surface area contributed by atoms with E-state index in [1.165, 1.54) is 4.90 Å². The maximum atomic E-state index is 11.8. The molecule has 1 heterocycles. The Bertz CT molecular complexity index is 252. The van der Waals surface area contributed by atoms with Crippen molar-refractivity contribution in [2.75, 3.05) is 13.2 Å². The molecule has 0 aromatic heterocycles. The summed E-state index contributed by atoms with van der Waals surface area (Å²) in [5, 5.41) is 0. The molecule has 0 bridgehead atoms. The zero-order chi connectivity index (χ0) is 11.5. The molecule has 6 heteroatoms. The van der Waals surface area contributed by atoms with Crippen molar-refractivity contribution in [3.63, 3.8) is 0 Å². The standard InChI is InChI=1S/C9H12F3NO2/c1-2-8(14)13-5-3-4-7(13)6-15-9(10,11)12/h2,7H,1,3-6H2/t7-/m1/s1. The summed E-state index contributed by atoms with van der Waals surface area (Å²) in [7, 11) is 0. The molecule has 1 atom stereocenters. The molecule has 0 N–H and O–H groups in total. The van der Waals surface area contributed by atoms with Crippen LogP contribution in [-0.4, -0.2) is 36.4 Å². The Morgan fingerprint density at radius 3 is 2.80 bits per heavy atom. The van der Waals surface area contributed by atoms with Crippen LogP contribution in [0.15, 0.2) is 12.7 Å². The van der Waals surface area contributed by atoms with Gasteiger partial charge in [0.2, 0.25) is 5.91 Å². The van der Waals surface area contributed by atoms with Crippen LogP contribution in [-0.2, 0) is 9.53 Å².